The van der Waals surface area contributed by atoms with Gasteiger partial charge in [0.05, 0.1) is 0 Å². The third-order valence-electron chi connectivity index (χ3n) is 4.89. The van der Waals surface area contributed by atoms with E-state index in [1.54, 1.807) is 0 Å². The first-order chi connectivity index (χ1) is 11.9. The minimum atomic E-state index is -0.137. The summed E-state index contributed by atoms with van der Waals surface area (Å²) in [7, 11) is 0. The van der Waals surface area contributed by atoms with Crippen LogP contribution in [-0.2, 0) is 16.6 Å². The van der Waals surface area contributed by atoms with E-state index in [0.717, 1.165) is 29.7 Å². The molecule has 1 N–H and O–H groups in total. The van der Waals surface area contributed by atoms with E-state index >= 15 is 0 Å². The van der Waals surface area contributed by atoms with Crippen LogP contribution >= 0.6 is 0 Å². The highest BCUT2D eigenvalue weighted by Crippen LogP contribution is 2.28. The van der Waals surface area contributed by atoms with Gasteiger partial charge in [-0.1, -0.05) is 58.0 Å². The standard InChI is InChI=1S/C22H29NO2/c1-6-17-10-8-9-16(3)21(17)23-20(24)15-25-19-13-11-18(12-14-19)22(4,5)7-2/h8-14H,6-7,15H2,1-5H3,(H,23,24). The number of para-hydroxylation sites is 1. The van der Waals surface area contributed by atoms with Crippen molar-refractivity contribution in [1.29, 1.82) is 0 Å². The molecular formula is C22H29NO2. The summed E-state index contributed by atoms with van der Waals surface area (Å²) in [5.74, 6) is 0.577. The fraction of sp³-hybridized carbons (Fsp3) is 0.409. The van der Waals surface area contributed by atoms with Crippen LogP contribution in [0.25, 0.3) is 0 Å². The van der Waals surface area contributed by atoms with Gasteiger partial charge in [0.2, 0.25) is 0 Å². The van der Waals surface area contributed by atoms with Crippen LogP contribution in [0.5, 0.6) is 5.75 Å². The number of carbonyl (C=O) groups excluding carboxylic acids is 1. The van der Waals surface area contributed by atoms with Gasteiger partial charge in [0.25, 0.3) is 5.91 Å². The van der Waals surface area contributed by atoms with E-state index < -0.39 is 0 Å². The van der Waals surface area contributed by atoms with Crippen molar-refractivity contribution in [2.24, 2.45) is 0 Å². The van der Waals surface area contributed by atoms with Crippen LogP contribution in [0.4, 0.5) is 5.69 Å². The summed E-state index contributed by atoms with van der Waals surface area (Å²) in [5, 5.41) is 2.98. The summed E-state index contributed by atoms with van der Waals surface area (Å²) in [4.78, 5) is 12.2. The van der Waals surface area contributed by atoms with Crippen molar-refractivity contribution in [2.75, 3.05) is 11.9 Å². The number of rotatable bonds is 7. The zero-order valence-electron chi connectivity index (χ0n) is 16.0. The van der Waals surface area contributed by atoms with E-state index in [4.69, 9.17) is 4.74 Å². The number of hydrogen-bond donors (Lipinski definition) is 1. The summed E-state index contributed by atoms with van der Waals surface area (Å²) >= 11 is 0. The lowest BCUT2D eigenvalue weighted by Gasteiger charge is -2.23. The van der Waals surface area contributed by atoms with Crippen LogP contribution in [-0.4, -0.2) is 12.5 Å². The third-order valence-corrected chi connectivity index (χ3v) is 4.89. The Bertz CT molecular complexity index is 717. The Morgan fingerprint density at radius 3 is 2.36 bits per heavy atom. The van der Waals surface area contributed by atoms with Crippen LogP contribution < -0.4 is 10.1 Å². The maximum absolute atomic E-state index is 12.2. The van der Waals surface area contributed by atoms with Crippen LogP contribution in [0.15, 0.2) is 42.5 Å². The highest BCUT2D eigenvalue weighted by atomic mass is 16.5. The second-order valence-corrected chi connectivity index (χ2v) is 7.06. The summed E-state index contributed by atoms with van der Waals surface area (Å²) in [6.45, 7) is 10.7. The average molecular weight is 339 g/mol. The molecule has 2 aromatic rings. The number of carbonyl (C=O) groups is 1. The Kier molecular flexibility index (Phi) is 6.24. The van der Waals surface area contributed by atoms with Crippen molar-refractivity contribution >= 4 is 11.6 Å². The third kappa shape index (κ3) is 4.85. The van der Waals surface area contributed by atoms with Gasteiger partial charge in [0.15, 0.2) is 6.61 Å². The monoisotopic (exact) mass is 339 g/mol. The van der Waals surface area contributed by atoms with E-state index in [0.29, 0.717) is 5.75 Å². The van der Waals surface area contributed by atoms with Gasteiger partial charge < -0.3 is 10.1 Å². The maximum Gasteiger partial charge on any atom is 0.262 e. The fourth-order valence-electron chi connectivity index (χ4n) is 2.73. The minimum Gasteiger partial charge on any atom is -0.484 e. The number of benzene rings is 2. The van der Waals surface area contributed by atoms with E-state index in [2.05, 4.69) is 45.1 Å². The first-order valence-corrected chi connectivity index (χ1v) is 8.99. The summed E-state index contributed by atoms with van der Waals surface area (Å²) in [5.41, 5.74) is 4.54. The Balaban J connectivity index is 1.97. The molecule has 1 amide bonds. The molecule has 0 fully saturated rings. The molecule has 0 bridgehead atoms. The Morgan fingerprint density at radius 1 is 1.08 bits per heavy atom. The summed E-state index contributed by atoms with van der Waals surface area (Å²) < 4.78 is 5.64. The zero-order valence-corrected chi connectivity index (χ0v) is 16.0. The molecule has 0 atom stereocenters. The first kappa shape index (κ1) is 19.0. The van der Waals surface area contributed by atoms with Crippen LogP contribution in [0.1, 0.15) is 50.8 Å². The Morgan fingerprint density at radius 2 is 1.76 bits per heavy atom. The van der Waals surface area contributed by atoms with Gasteiger partial charge in [-0.05, 0) is 54.0 Å². The molecule has 2 rings (SSSR count). The van der Waals surface area contributed by atoms with Gasteiger partial charge in [0.1, 0.15) is 5.75 Å². The molecule has 0 aliphatic carbocycles. The average Bonchev–Trinajstić information content (AvgIpc) is 2.62. The molecule has 3 nitrogen and oxygen atoms in total. The van der Waals surface area contributed by atoms with Gasteiger partial charge >= 0.3 is 0 Å². The molecule has 0 saturated carbocycles. The number of aryl methyl sites for hydroxylation is 2. The van der Waals surface area contributed by atoms with Crippen molar-refractivity contribution in [3.05, 3.63) is 59.2 Å². The normalized spacial score (nSPS) is 11.2. The maximum atomic E-state index is 12.2. The lowest BCUT2D eigenvalue weighted by molar-refractivity contribution is -0.118. The minimum absolute atomic E-state index is 0.00794. The quantitative estimate of drug-likeness (QED) is 0.747. The van der Waals surface area contributed by atoms with Crippen molar-refractivity contribution in [1.82, 2.24) is 0 Å². The molecule has 0 radical (unpaired) electrons. The second-order valence-electron chi connectivity index (χ2n) is 7.06. The van der Waals surface area contributed by atoms with Crippen LogP contribution in [0.2, 0.25) is 0 Å². The molecule has 0 spiro atoms. The lowest BCUT2D eigenvalue weighted by Crippen LogP contribution is -2.21. The molecule has 0 aliphatic heterocycles. The molecule has 134 valence electrons. The predicted molar refractivity (Wildman–Crippen MR) is 104 cm³/mol. The second kappa shape index (κ2) is 8.19. The molecule has 0 aliphatic rings. The molecule has 0 aromatic heterocycles. The number of anilines is 1. The van der Waals surface area contributed by atoms with E-state index in [1.165, 1.54) is 5.56 Å². The van der Waals surface area contributed by atoms with Gasteiger partial charge in [0, 0.05) is 5.69 Å². The molecule has 3 heteroatoms. The number of nitrogens with one attached hydrogen (secondary N) is 1. The Labute approximate surface area is 151 Å². The Hall–Kier alpha value is -2.29. The van der Waals surface area contributed by atoms with Gasteiger partial charge in [-0.3, -0.25) is 4.79 Å². The lowest BCUT2D eigenvalue weighted by atomic mass is 9.82. The van der Waals surface area contributed by atoms with Gasteiger partial charge in [-0.2, -0.15) is 0 Å². The summed E-state index contributed by atoms with van der Waals surface area (Å²) in [6.07, 6.45) is 1.96. The number of hydrogen-bond acceptors (Lipinski definition) is 2. The molecule has 25 heavy (non-hydrogen) atoms. The molecule has 0 saturated heterocycles. The number of amides is 1. The zero-order chi connectivity index (χ0) is 18.4. The predicted octanol–water partition coefficient (Wildman–Crippen LogP) is 5.26. The van der Waals surface area contributed by atoms with Crippen LogP contribution in [0, 0.1) is 6.92 Å². The SMILES string of the molecule is CCc1cccc(C)c1NC(=O)COc1ccc(C(C)(C)CC)cc1. The topological polar surface area (TPSA) is 38.3 Å². The van der Waals surface area contributed by atoms with Crippen molar-refractivity contribution in [3.63, 3.8) is 0 Å². The fourth-order valence-corrected chi connectivity index (χ4v) is 2.73. The van der Waals surface area contributed by atoms with Crippen molar-refractivity contribution < 1.29 is 9.53 Å². The van der Waals surface area contributed by atoms with Gasteiger partial charge in [-0.15, -0.1) is 0 Å². The van der Waals surface area contributed by atoms with E-state index in [9.17, 15) is 4.79 Å². The molecule has 0 heterocycles. The first-order valence-electron chi connectivity index (χ1n) is 8.99. The number of ether oxygens (including phenoxy) is 1. The molecular weight excluding hydrogens is 310 g/mol. The van der Waals surface area contributed by atoms with E-state index in [1.807, 2.05) is 37.3 Å². The van der Waals surface area contributed by atoms with E-state index in [-0.39, 0.29) is 17.9 Å². The largest absolute Gasteiger partial charge is 0.484 e. The molecule has 0 unspecified atom stereocenters. The van der Waals surface area contributed by atoms with Crippen molar-refractivity contribution in [2.45, 2.75) is 52.9 Å². The van der Waals surface area contributed by atoms with Crippen molar-refractivity contribution in [3.8, 4) is 5.75 Å². The molecule has 2 aromatic carbocycles. The smallest absolute Gasteiger partial charge is 0.262 e. The highest BCUT2D eigenvalue weighted by molar-refractivity contribution is 5.93. The van der Waals surface area contributed by atoms with Crippen LogP contribution in [0.3, 0.4) is 0 Å². The summed E-state index contributed by atoms with van der Waals surface area (Å²) in [6, 6.07) is 14.1. The highest BCUT2D eigenvalue weighted by Gasteiger charge is 2.17. The van der Waals surface area contributed by atoms with Gasteiger partial charge in [-0.25, -0.2) is 0 Å².